The topological polar surface area (TPSA) is 114 Å². The number of hydrogen-bond acceptors (Lipinski definition) is 9. The molecule has 44 heavy (non-hydrogen) atoms. The summed E-state index contributed by atoms with van der Waals surface area (Å²) in [5.41, 5.74) is 9.20. The van der Waals surface area contributed by atoms with Crippen molar-refractivity contribution in [3.63, 3.8) is 0 Å². The van der Waals surface area contributed by atoms with Crippen LogP contribution in [-0.4, -0.2) is 62.4 Å². The number of rotatable bonds is 5. The Morgan fingerprint density at radius 1 is 1.18 bits per heavy atom. The van der Waals surface area contributed by atoms with E-state index in [0.717, 1.165) is 56.2 Å². The van der Waals surface area contributed by atoms with Crippen LogP contribution in [0.25, 0.3) is 0 Å². The van der Waals surface area contributed by atoms with E-state index in [1.54, 1.807) is 25.4 Å². The molecule has 2 saturated heterocycles. The van der Waals surface area contributed by atoms with Crippen LogP contribution in [0.4, 0.5) is 10.1 Å². The van der Waals surface area contributed by atoms with Crippen molar-refractivity contribution >= 4 is 11.4 Å². The molecule has 0 aromatic heterocycles. The summed E-state index contributed by atoms with van der Waals surface area (Å²) in [5.74, 6) is -0.918. The van der Waals surface area contributed by atoms with Crippen LogP contribution >= 0.6 is 0 Å². The second kappa shape index (κ2) is 9.67. The number of nitrogens with two attached hydrogens (primary N) is 1. The van der Waals surface area contributed by atoms with Crippen molar-refractivity contribution in [3.05, 3.63) is 53.0 Å². The van der Waals surface area contributed by atoms with Gasteiger partial charge in [-0.2, -0.15) is 0 Å². The summed E-state index contributed by atoms with van der Waals surface area (Å²) < 4.78 is 51.3. The predicted molar refractivity (Wildman–Crippen MR) is 158 cm³/mol. The molecule has 3 N–H and O–H groups in total. The zero-order chi connectivity index (χ0) is 30.6. The molecule has 0 bridgehead atoms. The number of nitrogens with zero attached hydrogens (tertiary/aromatic N) is 1. The van der Waals surface area contributed by atoms with Gasteiger partial charge >= 0.3 is 0 Å². The lowest BCUT2D eigenvalue weighted by Gasteiger charge is -2.62. The average Bonchev–Trinajstić information content (AvgIpc) is 3.25. The van der Waals surface area contributed by atoms with Crippen molar-refractivity contribution in [3.8, 4) is 0 Å². The minimum atomic E-state index is -0.890. The van der Waals surface area contributed by atoms with Crippen LogP contribution in [0.1, 0.15) is 64.4 Å². The Morgan fingerprint density at radius 2 is 2.02 bits per heavy atom. The largest absolute Gasteiger partial charge is 0.404 e. The van der Waals surface area contributed by atoms with Gasteiger partial charge in [-0.15, -0.1) is 0 Å². The van der Waals surface area contributed by atoms with Crippen molar-refractivity contribution in [2.75, 3.05) is 34.1 Å². The van der Waals surface area contributed by atoms with Crippen LogP contribution in [0.3, 0.4) is 0 Å². The molecule has 2 spiro atoms. The first kappa shape index (κ1) is 29.2. The van der Waals surface area contributed by atoms with Gasteiger partial charge < -0.3 is 39.3 Å². The van der Waals surface area contributed by atoms with Gasteiger partial charge in [0.15, 0.2) is 13.6 Å². The Morgan fingerprint density at radius 3 is 2.77 bits per heavy atom. The number of hydrogen-bond donors (Lipinski definition) is 2. The molecule has 0 radical (unpaired) electrons. The summed E-state index contributed by atoms with van der Waals surface area (Å²) in [6.07, 6.45) is 10.4. The molecule has 0 amide bonds. The number of aliphatic hydroxyl groups is 1. The summed E-state index contributed by atoms with van der Waals surface area (Å²) >= 11 is 0. The van der Waals surface area contributed by atoms with E-state index in [0.29, 0.717) is 18.2 Å². The number of ether oxygens (including phenoxy) is 6. The van der Waals surface area contributed by atoms with Crippen LogP contribution in [0, 0.1) is 33.4 Å². The Hall–Kier alpha value is -2.18. The van der Waals surface area contributed by atoms with E-state index in [1.807, 2.05) is 0 Å². The fourth-order valence-electron chi connectivity index (χ4n) is 11.5. The summed E-state index contributed by atoms with van der Waals surface area (Å²) in [5, 5.41) is 9.59. The van der Waals surface area contributed by atoms with Gasteiger partial charge in [0.05, 0.1) is 24.1 Å². The van der Waals surface area contributed by atoms with E-state index in [1.165, 1.54) is 11.6 Å². The first-order valence-corrected chi connectivity index (χ1v) is 15.9. The maximum Gasteiger partial charge on any atom is 0.226 e. The number of aliphatic hydroxyl groups excluding tert-OH is 1. The lowest BCUT2D eigenvalue weighted by atomic mass is 9.44. The number of methoxy groups -OCH3 is 1. The average molecular weight is 611 g/mol. The van der Waals surface area contributed by atoms with E-state index in [-0.39, 0.29) is 60.3 Å². The van der Waals surface area contributed by atoms with Gasteiger partial charge in [0.2, 0.25) is 5.79 Å². The predicted octanol–water partition coefficient (Wildman–Crippen LogP) is 4.99. The molecule has 10 heteroatoms. The number of fused-ring (bicyclic) bond motifs is 4. The summed E-state index contributed by atoms with van der Waals surface area (Å²) in [6, 6.07) is 4.59. The molecule has 6 fully saturated rings. The van der Waals surface area contributed by atoms with Crippen LogP contribution in [0.5, 0.6) is 0 Å². The molecule has 7 aliphatic rings. The molecule has 2 heterocycles. The molecular weight excluding hydrogens is 567 g/mol. The highest BCUT2D eigenvalue weighted by molar-refractivity contribution is 6.11. The normalized spacial score (nSPS) is 47.2. The first-order chi connectivity index (χ1) is 21.2. The number of allylic oxidation sites excluding steroid dienone is 3. The van der Waals surface area contributed by atoms with Gasteiger partial charge in [-0.05, 0) is 92.3 Å². The molecule has 1 aromatic rings. The van der Waals surface area contributed by atoms with Crippen molar-refractivity contribution < 1.29 is 37.9 Å². The lowest BCUT2D eigenvalue weighted by molar-refractivity contribution is -0.264. The van der Waals surface area contributed by atoms with Crippen molar-refractivity contribution in [1.29, 1.82) is 0 Å². The SMILES string of the molecule is COCOC1CC2(C)C(CCC23OCOC32COCO2)C23CCC4=CC(=Nc5ccc(F)c(CO)c5)C(=CN)CC4(C)C12C3. The maximum atomic E-state index is 14.1. The third-order valence-corrected chi connectivity index (χ3v) is 13.3. The highest BCUT2D eigenvalue weighted by Crippen LogP contribution is 2.91. The smallest absolute Gasteiger partial charge is 0.226 e. The van der Waals surface area contributed by atoms with E-state index in [9.17, 15) is 9.50 Å². The number of halogens is 1. The summed E-state index contributed by atoms with van der Waals surface area (Å²) in [6.45, 7) is 5.43. The highest BCUT2D eigenvalue weighted by Gasteiger charge is 2.89. The zero-order valence-corrected chi connectivity index (χ0v) is 25.8. The van der Waals surface area contributed by atoms with Gasteiger partial charge in [0.25, 0.3) is 0 Å². The summed E-state index contributed by atoms with van der Waals surface area (Å²) in [4.78, 5) is 4.91. The van der Waals surface area contributed by atoms with Crippen LogP contribution < -0.4 is 5.73 Å². The molecule has 8 rings (SSSR count). The van der Waals surface area contributed by atoms with Gasteiger partial charge in [0.1, 0.15) is 24.8 Å². The second-order valence-electron chi connectivity index (χ2n) is 14.5. The van der Waals surface area contributed by atoms with E-state index in [4.69, 9.17) is 39.1 Å². The Kier molecular flexibility index (Phi) is 6.42. The van der Waals surface area contributed by atoms with E-state index in [2.05, 4.69) is 19.9 Å². The minimum absolute atomic E-state index is 0.0714. The molecule has 8 atom stereocenters. The third-order valence-electron chi connectivity index (χ3n) is 13.3. The summed E-state index contributed by atoms with van der Waals surface area (Å²) in [7, 11) is 1.68. The Balaban J connectivity index is 1.21. The number of aliphatic imine (C=N–C) groups is 1. The molecule has 238 valence electrons. The van der Waals surface area contributed by atoms with Gasteiger partial charge in [0, 0.05) is 28.9 Å². The molecule has 5 aliphatic carbocycles. The molecule has 9 nitrogen and oxygen atoms in total. The van der Waals surface area contributed by atoms with Gasteiger partial charge in [-0.3, -0.25) is 0 Å². The molecule has 8 unspecified atom stereocenters. The standard InChI is InChI=1S/C34H43FN2O7/c1-29-12-22(14-36)26(37-24-4-5-25(35)21(10-24)15-38)11-23(29)6-8-31-16-32(29,31)28(41-18-39-3)13-30(2)27(31)7-9-33(30)34(44-20-42-33)17-40-19-43-34/h4-5,10-11,14,27-28,38H,6-9,12-13,15-20,36H2,1-3H3. The quantitative estimate of drug-likeness (QED) is 0.449. The highest BCUT2D eigenvalue weighted by atomic mass is 19.1. The molecule has 1 aromatic carbocycles. The molecular formula is C34H43FN2O7. The van der Waals surface area contributed by atoms with Crippen LogP contribution in [-0.2, 0) is 35.0 Å². The zero-order valence-electron chi connectivity index (χ0n) is 25.8. The maximum absolute atomic E-state index is 14.1. The minimum Gasteiger partial charge on any atom is -0.404 e. The lowest BCUT2D eigenvalue weighted by Crippen LogP contribution is -2.66. The van der Waals surface area contributed by atoms with E-state index < -0.39 is 17.2 Å². The van der Waals surface area contributed by atoms with Crippen molar-refractivity contribution in [2.24, 2.45) is 38.3 Å². The first-order valence-electron chi connectivity index (χ1n) is 15.9. The Labute approximate surface area is 257 Å². The second-order valence-corrected chi connectivity index (χ2v) is 14.5. The van der Waals surface area contributed by atoms with Crippen LogP contribution in [0.2, 0.25) is 0 Å². The molecule has 4 saturated carbocycles. The van der Waals surface area contributed by atoms with Crippen molar-refractivity contribution in [1.82, 2.24) is 0 Å². The van der Waals surface area contributed by atoms with Crippen LogP contribution in [0.15, 0.2) is 46.6 Å². The molecule has 2 aliphatic heterocycles. The van der Waals surface area contributed by atoms with Gasteiger partial charge in [-0.25, -0.2) is 9.38 Å². The fourth-order valence-corrected chi connectivity index (χ4v) is 11.5. The third kappa shape index (κ3) is 3.35. The Bertz CT molecular complexity index is 1470. The monoisotopic (exact) mass is 610 g/mol. The fraction of sp³-hybridized carbons (Fsp3) is 0.676. The van der Waals surface area contributed by atoms with E-state index >= 15 is 0 Å². The van der Waals surface area contributed by atoms with Crippen molar-refractivity contribution in [2.45, 2.75) is 82.9 Å². The number of benzene rings is 1. The van der Waals surface area contributed by atoms with Gasteiger partial charge in [-0.1, -0.05) is 19.4 Å².